The van der Waals surface area contributed by atoms with Gasteiger partial charge >= 0.3 is 5.97 Å². The average molecular weight is 306 g/mol. The number of fused-ring (bicyclic) bond motifs is 1. The molecule has 1 saturated carbocycles. The Kier molecular flexibility index (Phi) is 3.90. The number of hydrogen-bond donors (Lipinski definition) is 0. The minimum absolute atomic E-state index is 0.227. The van der Waals surface area contributed by atoms with Crippen molar-refractivity contribution in [3.05, 3.63) is 65.2 Å². The van der Waals surface area contributed by atoms with Crippen LogP contribution in [0.15, 0.2) is 48.5 Å². The van der Waals surface area contributed by atoms with Crippen LogP contribution in [0.1, 0.15) is 59.5 Å². The molecular formula is C21H22O2. The van der Waals surface area contributed by atoms with E-state index in [2.05, 4.69) is 6.07 Å². The SMILES string of the molecule is O=C(Oc1ccccc1)c1cccc2c1CC2C1CCCCC1. The van der Waals surface area contributed by atoms with Crippen molar-refractivity contribution in [2.24, 2.45) is 5.92 Å². The van der Waals surface area contributed by atoms with E-state index in [-0.39, 0.29) is 5.97 Å². The highest BCUT2D eigenvalue weighted by Crippen LogP contribution is 2.47. The minimum Gasteiger partial charge on any atom is -0.423 e. The average Bonchev–Trinajstić information content (AvgIpc) is 2.57. The molecule has 0 bridgehead atoms. The number of para-hydroxylation sites is 1. The molecule has 2 aromatic rings. The fourth-order valence-electron chi connectivity index (χ4n) is 4.18. The van der Waals surface area contributed by atoms with Crippen molar-refractivity contribution in [1.82, 2.24) is 0 Å². The first-order valence-electron chi connectivity index (χ1n) is 8.72. The Labute approximate surface area is 137 Å². The van der Waals surface area contributed by atoms with Gasteiger partial charge in [-0.15, -0.1) is 0 Å². The van der Waals surface area contributed by atoms with Crippen molar-refractivity contribution >= 4 is 5.97 Å². The van der Waals surface area contributed by atoms with Gasteiger partial charge in [-0.05, 0) is 60.4 Å². The molecule has 1 unspecified atom stereocenters. The number of carbonyl (C=O) groups is 1. The van der Waals surface area contributed by atoms with Crippen molar-refractivity contribution in [1.29, 1.82) is 0 Å². The van der Waals surface area contributed by atoms with Crippen molar-refractivity contribution in [2.75, 3.05) is 0 Å². The normalized spacial score (nSPS) is 20.4. The van der Waals surface area contributed by atoms with Crippen molar-refractivity contribution in [3.8, 4) is 5.75 Å². The van der Waals surface area contributed by atoms with Crippen LogP contribution in [0.4, 0.5) is 0 Å². The van der Waals surface area contributed by atoms with Crippen LogP contribution in [0.25, 0.3) is 0 Å². The molecule has 0 spiro atoms. The summed E-state index contributed by atoms with van der Waals surface area (Å²) in [6, 6.07) is 15.4. The summed E-state index contributed by atoms with van der Waals surface area (Å²) in [4.78, 5) is 12.5. The number of esters is 1. The van der Waals surface area contributed by atoms with Gasteiger partial charge in [-0.25, -0.2) is 4.79 Å². The van der Waals surface area contributed by atoms with E-state index in [1.165, 1.54) is 43.2 Å². The van der Waals surface area contributed by atoms with E-state index in [1.54, 1.807) is 0 Å². The number of benzene rings is 2. The molecular weight excluding hydrogens is 284 g/mol. The number of hydrogen-bond acceptors (Lipinski definition) is 2. The quantitative estimate of drug-likeness (QED) is 0.580. The van der Waals surface area contributed by atoms with Crippen molar-refractivity contribution in [3.63, 3.8) is 0 Å². The monoisotopic (exact) mass is 306 g/mol. The molecule has 2 nitrogen and oxygen atoms in total. The second kappa shape index (κ2) is 6.19. The van der Waals surface area contributed by atoms with E-state index in [4.69, 9.17) is 4.74 Å². The Morgan fingerprint density at radius 3 is 2.48 bits per heavy atom. The van der Waals surface area contributed by atoms with Crippen LogP contribution >= 0.6 is 0 Å². The van der Waals surface area contributed by atoms with E-state index < -0.39 is 0 Å². The second-order valence-electron chi connectivity index (χ2n) is 6.78. The minimum atomic E-state index is -0.227. The van der Waals surface area contributed by atoms with Crippen LogP contribution in [0.2, 0.25) is 0 Å². The van der Waals surface area contributed by atoms with Crippen LogP contribution in [-0.2, 0) is 6.42 Å². The summed E-state index contributed by atoms with van der Waals surface area (Å²) < 4.78 is 5.51. The van der Waals surface area contributed by atoms with Gasteiger partial charge in [0, 0.05) is 0 Å². The van der Waals surface area contributed by atoms with E-state index in [9.17, 15) is 4.79 Å². The maximum atomic E-state index is 12.5. The largest absolute Gasteiger partial charge is 0.423 e. The third kappa shape index (κ3) is 2.78. The molecule has 0 aliphatic heterocycles. The molecule has 2 heteroatoms. The fraction of sp³-hybridized carbons (Fsp3) is 0.381. The molecule has 0 aromatic heterocycles. The van der Waals surface area contributed by atoms with Gasteiger partial charge in [-0.2, -0.15) is 0 Å². The summed E-state index contributed by atoms with van der Waals surface area (Å²) in [5, 5.41) is 0. The van der Waals surface area contributed by atoms with Crippen LogP contribution in [0, 0.1) is 5.92 Å². The Morgan fingerprint density at radius 2 is 1.70 bits per heavy atom. The number of rotatable bonds is 3. The number of ether oxygens (including phenoxy) is 1. The van der Waals surface area contributed by atoms with Gasteiger partial charge in [0.25, 0.3) is 0 Å². The second-order valence-corrected chi connectivity index (χ2v) is 6.78. The van der Waals surface area contributed by atoms with E-state index in [1.807, 2.05) is 42.5 Å². The van der Waals surface area contributed by atoms with E-state index in [0.29, 0.717) is 11.7 Å². The van der Waals surface area contributed by atoms with E-state index >= 15 is 0 Å². The molecule has 23 heavy (non-hydrogen) atoms. The molecule has 4 rings (SSSR count). The van der Waals surface area contributed by atoms with Crippen LogP contribution in [0.5, 0.6) is 5.75 Å². The highest BCUT2D eigenvalue weighted by Gasteiger charge is 2.36. The fourth-order valence-corrected chi connectivity index (χ4v) is 4.18. The molecule has 0 radical (unpaired) electrons. The maximum Gasteiger partial charge on any atom is 0.343 e. The van der Waals surface area contributed by atoms with Gasteiger partial charge in [-0.1, -0.05) is 49.6 Å². The van der Waals surface area contributed by atoms with Crippen molar-refractivity contribution < 1.29 is 9.53 Å². The Hall–Kier alpha value is -2.09. The molecule has 1 atom stereocenters. The number of carbonyl (C=O) groups excluding carboxylic acids is 1. The molecule has 0 heterocycles. The maximum absolute atomic E-state index is 12.5. The van der Waals surface area contributed by atoms with E-state index in [0.717, 1.165) is 17.9 Å². The molecule has 118 valence electrons. The first-order valence-corrected chi connectivity index (χ1v) is 8.72. The molecule has 0 amide bonds. The lowest BCUT2D eigenvalue weighted by atomic mass is 9.65. The van der Waals surface area contributed by atoms with Gasteiger partial charge in [0.15, 0.2) is 0 Å². The molecule has 0 saturated heterocycles. The topological polar surface area (TPSA) is 26.3 Å². The third-order valence-corrected chi connectivity index (χ3v) is 5.43. The summed E-state index contributed by atoms with van der Waals surface area (Å²) in [7, 11) is 0. The smallest absolute Gasteiger partial charge is 0.343 e. The van der Waals surface area contributed by atoms with Gasteiger partial charge < -0.3 is 4.74 Å². The highest BCUT2D eigenvalue weighted by molar-refractivity contribution is 5.93. The lowest BCUT2D eigenvalue weighted by Crippen LogP contribution is -2.29. The summed E-state index contributed by atoms with van der Waals surface area (Å²) in [5.74, 6) is 1.86. The molecule has 0 N–H and O–H groups in total. The summed E-state index contributed by atoms with van der Waals surface area (Å²) >= 11 is 0. The standard InChI is InChI=1S/C21H22O2/c22-21(23-16-10-5-2-6-11-16)18-13-7-12-17-19(14-20(17)18)15-8-3-1-4-9-15/h2,5-7,10-13,15,19H,1,3-4,8-9,14H2. The predicted octanol–water partition coefficient (Wildman–Crippen LogP) is 5.13. The van der Waals surface area contributed by atoms with Crippen molar-refractivity contribution in [2.45, 2.75) is 44.4 Å². The van der Waals surface area contributed by atoms with Gasteiger partial charge in [0.05, 0.1) is 5.56 Å². The van der Waals surface area contributed by atoms with Crippen LogP contribution in [0.3, 0.4) is 0 Å². The van der Waals surface area contributed by atoms with Crippen LogP contribution < -0.4 is 4.74 Å². The first kappa shape index (κ1) is 14.5. The Bertz CT molecular complexity index is 699. The Balaban J connectivity index is 1.53. The van der Waals surface area contributed by atoms with Crippen LogP contribution in [-0.4, -0.2) is 5.97 Å². The predicted molar refractivity (Wildman–Crippen MR) is 90.9 cm³/mol. The lowest BCUT2D eigenvalue weighted by molar-refractivity contribution is 0.0732. The molecule has 2 aromatic carbocycles. The third-order valence-electron chi connectivity index (χ3n) is 5.43. The zero-order valence-corrected chi connectivity index (χ0v) is 13.3. The summed E-state index contributed by atoms with van der Waals surface area (Å²) in [5.41, 5.74) is 3.35. The summed E-state index contributed by atoms with van der Waals surface area (Å²) in [6.07, 6.45) is 7.86. The Morgan fingerprint density at radius 1 is 0.913 bits per heavy atom. The van der Waals surface area contributed by atoms with Gasteiger partial charge in [-0.3, -0.25) is 0 Å². The van der Waals surface area contributed by atoms with Gasteiger partial charge in [0.2, 0.25) is 0 Å². The molecule has 2 aliphatic rings. The zero-order valence-electron chi connectivity index (χ0n) is 13.3. The zero-order chi connectivity index (χ0) is 15.6. The first-order chi connectivity index (χ1) is 11.3. The highest BCUT2D eigenvalue weighted by atomic mass is 16.5. The summed E-state index contributed by atoms with van der Waals surface area (Å²) in [6.45, 7) is 0. The lowest BCUT2D eigenvalue weighted by Gasteiger charge is -2.39. The molecule has 2 aliphatic carbocycles. The van der Waals surface area contributed by atoms with Gasteiger partial charge in [0.1, 0.15) is 5.75 Å². The molecule has 1 fully saturated rings.